The Labute approximate surface area is 256 Å². The third-order valence-corrected chi connectivity index (χ3v) is 10.1. The normalized spacial score (nSPS) is 16.8. The highest BCUT2D eigenvalue weighted by atomic mass is 32.2. The molecule has 1 saturated heterocycles. The van der Waals surface area contributed by atoms with E-state index in [0.29, 0.717) is 13.1 Å². The number of aromatic amines is 1. The lowest BCUT2D eigenvalue weighted by molar-refractivity contribution is -0.122. The van der Waals surface area contributed by atoms with Gasteiger partial charge in [0.1, 0.15) is 6.04 Å². The van der Waals surface area contributed by atoms with Gasteiger partial charge in [0, 0.05) is 36.7 Å². The van der Waals surface area contributed by atoms with Gasteiger partial charge in [-0.1, -0.05) is 71.9 Å². The fourth-order valence-corrected chi connectivity index (χ4v) is 7.87. The maximum Gasteiger partial charge on any atom is 0.241 e. The van der Waals surface area contributed by atoms with Crippen LogP contribution in [0.25, 0.3) is 10.9 Å². The molecule has 2 atom stereocenters. The number of H-pyrrole nitrogens is 1. The molecule has 43 heavy (non-hydrogen) atoms. The summed E-state index contributed by atoms with van der Waals surface area (Å²) in [5.74, 6) is -0.0241. The molecule has 10 heteroatoms. The van der Waals surface area contributed by atoms with Crippen molar-refractivity contribution in [3.8, 4) is 0 Å². The molecule has 0 bridgehead atoms. The number of piperidine rings is 1. The highest BCUT2D eigenvalue weighted by molar-refractivity contribution is 7.89. The van der Waals surface area contributed by atoms with E-state index in [4.69, 9.17) is 11.1 Å². The quantitative estimate of drug-likeness (QED) is 0.151. The average Bonchev–Trinajstić information content (AvgIpc) is 3.37. The number of nitrogens with two attached hydrogens (primary N) is 1. The number of carbonyl (C=O) groups is 1. The minimum absolute atomic E-state index is 0.0285. The Kier molecular flexibility index (Phi) is 10.2. The average molecular weight is 609 g/mol. The number of rotatable bonds is 11. The maximum atomic E-state index is 14.4. The largest absolute Gasteiger partial charge is 0.370 e. The fraction of sp³-hybridized carbons (Fsp3) is 0.515. The summed E-state index contributed by atoms with van der Waals surface area (Å²) in [5, 5.41) is 11.8. The predicted molar refractivity (Wildman–Crippen MR) is 174 cm³/mol. The number of amides is 1. The zero-order valence-corrected chi connectivity index (χ0v) is 27.1. The van der Waals surface area contributed by atoms with Crippen molar-refractivity contribution >= 4 is 32.8 Å². The van der Waals surface area contributed by atoms with Gasteiger partial charge >= 0.3 is 0 Å². The first-order valence-corrected chi connectivity index (χ1v) is 16.9. The zero-order chi connectivity index (χ0) is 31.5. The van der Waals surface area contributed by atoms with Crippen LogP contribution in [0.1, 0.15) is 94.4 Å². The van der Waals surface area contributed by atoms with Gasteiger partial charge in [-0.3, -0.25) is 10.2 Å². The molecule has 1 aliphatic heterocycles. The summed E-state index contributed by atoms with van der Waals surface area (Å²) < 4.78 is 31.6. The van der Waals surface area contributed by atoms with Crippen LogP contribution in [-0.4, -0.2) is 55.8 Å². The van der Waals surface area contributed by atoms with E-state index in [0.717, 1.165) is 52.5 Å². The summed E-state index contributed by atoms with van der Waals surface area (Å²) in [6, 6.07) is 10.8. The molecule has 4 rings (SSSR count). The number of benzene rings is 2. The van der Waals surface area contributed by atoms with Crippen molar-refractivity contribution < 1.29 is 13.2 Å². The van der Waals surface area contributed by atoms with Crippen molar-refractivity contribution in [2.45, 2.75) is 89.5 Å². The molecule has 2 heterocycles. The van der Waals surface area contributed by atoms with E-state index >= 15 is 0 Å². The van der Waals surface area contributed by atoms with E-state index < -0.39 is 16.1 Å². The van der Waals surface area contributed by atoms with Crippen molar-refractivity contribution in [3.05, 3.63) is 64.8 Å². The number of hydrogen-bond donors (Lipinski definition) is 5. The van der Waals surface area contributed by atoms with E-state index in [1.54, 1.807) is 0 Å². The van der Waals surface area contributed by atoms with Crippen LogP contribution in [0.4, 0.5) is 0 Å². The van der Waals surface area contributed by atoms with Gasteiger partial charge < -0.3 is 20.9 Å². The first-order valence-electron chi connectivity index (χ1n) is 15.4. The van der Waals surface area contributed by atoms with Gasteiger partial charge in [-0.15, -0.1) is 0 Å². The van der Waals surface area contributed by atoms with Crippen LogP contribution >= 0.6 is 0 Å². The zero-order valence-electron chi connectivity index (χ0n) is 26.3. The third kappa shape index (κ3) is 7.59. The van der Waals surface area contributed by atoms with E-state index in [2.05, 4.69) is 28.9 Å². The minimum atomic E-state index is -4.09. The molecule has 9 nitrogen and oxygen atoms in total. The van der Waals surface area contributed by atoms with Crippen molar-refractivity contribution in [1.82, 2.24) is 19.9 Å². The Hall–Kier alpha value is -3.37. The van der Waals surface area contributed by atoms with Gasteiger partial charge in [0.25, 0.3) is 0 Å². The van der Waals surface area contributed by atoms with Crippen LogP contribution in [0.3, 0.4) is 0 Å². The van der Waals surface area contributed by atoms with Crippen molar-refractivity contribution in [1.29, 1.82) is 5.41 Å². The lowest BCUT2D eigenvalue weighted by atomic mass is 9.89. The fourth-order valence-electron chi connectivity index (χ4n) is 5.97. The Morgan fingerprint density at radius 3 is 2.33 bits per heavy atom. The standard InChI is InChI=1S/C33H48N6O3S/c1-20(2)24-14-27(21(3)4)31(28(15-24)22(5)6)43(41,42)38-30(16-25-18-36-29-12-8-7-11-26(25)29)32(40)37-17-23-10-9-13-39(19-23)33(34)35/h7-8,11-12,14-15,18,20-23,30,36,38H,9-10,13,16-17,19H2,1-6H3,(H3,34,35)(H,37,40). The molecule has 2 unspecified atom stereocenters. The number of sulfonamides is 1. The van der Waals surface area contributed by atoms with Crippen molar-refractivity contribution in [2.24, 2.45) is 11.7 Å². The van der Waals surface area contributed by atoms with Crippen LogP contribution < -0.4 is 15.8 Å². The van der Waals surface area contributed by atoms with Gasteiger partial charge in [-0.05, 0) is 71.3 Å². The number of fused-ring (bicyclic) bond motifs is 1. The van der Waals surface area contributed by atoms with Gasteiger partial charge in [-0.2, -0.15) is 4.72 Å². The highest BCUT2D eigenvalue weighted by Gasteiger charge is 2.32. The predicted octanol–water partition coefficient (Wildman–Crippen LogP) is 5.15. The number of carbonyl (C=O) groups excluding carboxylic acids is 1. The summed E-state index contributed by atoms with van der Waals surface area (Å²) in [7, 11) is -4.09. The summed E-state index contributed by atoms with van der Waals surface area (Å²) >= 11 is 0. The molecule has 3 aromatic rings. The Balaban J connectivity index is 1.69. The molecule has 0 spiro atoms. The number of aromatic nitrogens is 1. The maximum absolute atomic E-state index is 14.4. The van der Waals surface area contributed by atoms with Crippen molar-refractivity contribution in [3.63, 3.8) is 0 Å². The lowest BCUT2D eigenvalue weighted by Crippen LogP contribution is -2.51. The van der Waals surface area contributed by atoms with Crippen LogP contribution in [0.5, 0.6) is 0 Å². The summed E-state index contributed by atoms with van der Waals surface area (Å²) in [5.41, 5.74) is 10.1. The van der Waals surface area contributed by atoms with Crippen LogP contribution in [0.2, 0.25) is 0 Å². The molecular weight excluding hydrogens is 560 g/mol. The van der Waals surface area contributed by atoms with Crippen molar-refractivity contribution in [2.75, 3.05) is 19.6 Å². The molecule has 1 aliphatic rings. The number of guanidine groups is 1. The molecule has 2 aromatic carbocycles. The van der Waals surface area contributed by atoms with Gasteiger partial charge in [-0.25, -0.2) is 8.42 Å². The van der Waals surface area contributed by atoms with Crippen LogP contribution in [0.15, 0.2) is 47.5 Å². The summed E-state index contributed by atoms with van der Waals surface area (Å²) in [6.45, 7) is 14.0. The Morgan fingerprint density at radius 1 is 1.07 bits per heavy atom. The lowest BCUT2D eigenvalue weighted by Gasteiger charge is -2.33. The number of hydrogen-bond acceptors (Lipinski definition) is 4. The second-order valence-corrected chi connectivity index (χ2v) is 14.5. The minimum Gasteiger partial charge on any atom is -0.370 e. The Bertz CT molecular complexity index is 1530. The molecule has 0 saturated carbocycles. The van der Waals surface area contributed by atoms with E-state index in [-0.39, 0.29) is 46.9 Å². The monoisotopic (exact) mass is 608 g/mol. The molecule has 0 radical (unpaired) electrons. The number of likely N-dealkylation sites (tertiary alicyclic amines) is 1. The molecular formula is C33H48N6O3S. The number of nitrogens with zero attached hydrogens (tertiary/aromatic N) is 1. The summed E-state index contributed by atoms with van der Waals surface area (Å²) in [6.07, 6.45) is 3.83. The van der Waals surface area contributed by atoms with E-state index in [1.807, 2.05) is 75.2 Å². The van der Waals surface area contributed by atoms with Gasteiger partial charge in [0.05, 0.1) is 4.90 Å². The third-order valence-electron chi connectivity index (χ3n) is 8.49. The second kappa shape index (κ2) is 13.5. The first kappa shape index (κ1) is 32.5. The topological polar surface area (TPSA) is 144 Å². The molecule has 1 amide bonds. The van der Waals surface area contributed by atoms with E-state index in [1.165, 1.54) is 0 Å². The Morgan fingerprint density at radius 2 is 1.72 bits per heavy atom. The SMILES string of the molecule is CC(C)c1cc(C(C)C)c(S(=O)(=O)NC(Cc2c[nH]c3ccccc23)C(=O)NCC2CCCN(C(=N)N)C2)c(C(C)C)c1. The molecule has 6 N–H and O–H groups in total. The van der Waals surface area contributed by atoms with Crippen LogP contribution in [-0.2, 0) is 21.2 Å². The number of nitrogens with one attached hydrogen (secondary N) is 4. The van der Waals surface area contributed by atoms with E-state index in [9.17, 15) is 13.2 Å². The van der Waals surface area contributed by atoms with Gasteiger partial charge in [0.2, 0.25) is 15.9 Å². The first-order chi connectivity index (χ1) is 20.3. The molecule has 0 aliphatic carbocycles. The smallest absolute Gasteiger partial charge is 0.241 e. The highest BCUT2D eigenvalue weighted by Crippen LogP contribution is 2.35. The number of para-hydroxylation sites is 1. The molecule has 1 fully saturated rings. The van der Waals surface area contributed by atoms with Crippen LogP contribution in [0, 0.1) is 11.3 Å². The molecule has 234 valence electrons. The van der Waals surface area contributed by atoms with Gasteiger partial charge in [0.15, 0.2) is 5.96 Å². The second-order valence-electron chi connectivity index (χ2n) is 12.8. The molecule has 1 aromatic heterocycles. The summed E-state index contributed by atoms with van der Waals surface area (Å²) in [4.78, 5) is 19.2.